The van der Waals surface area contributed by atoms with Crippen LogP contribution in [0.25, 0.3) is 11.4 Å². The number of halogens is 2. The second kappa shape index (κ2) is 12.1. The van der Waals surface area contributed by atoms with Crippen LogP contribution in [-0.2, 0) is 4.74 Å². The third-order valence-corrected chi connectivity index (χ3v) is 7.72. The van der Waals surface area contributed by atoms with E-state index in [2.05, 4.69) is 16.9 Å². The average Bonchev–Trinajstić information content (AvgIpc) is 2.88. The third-order valence-electron chi connectivity index (χ3n) is 7.72. The number of ether oxygens (including phenoxy) is 2. The highest BCUT2D eigenvalue weighted by molar-refractivity contribution is 5.57. The van der Waals surface area contributed by atoms with Crippen molar-refractivity contribution in [2.45, 2.75) is 84.2 Å². The first-order valence-corrected chi connectivity index (χ1v) is 13.1. The Balaban J connectivity index is 1.29. The quantitative estimate of drug-likeness (QED) is 0.351. The summed E-state index contributed by atoms with van der Waals surface area (Å²) in [5.74, 6) is 0.431. The van der Waals surface area contributed by atoms with Crippen molar-refractivity contribution in [2.75, 3.05) is 13.2 Å². The van der Waals surface area contributed by atoms with E-state index < -0.39 is 11.6 Å². The van der Waals surface area contributed by atoms with Crippen molar-refractivity contribution in [3.63, 3.8) is 0 Å². The van der Waals surface area contributed by atoms with Gasteiger partial charge >= 0.3 is 0 Å². The summed E-state index contributed by atoms with van der Waals surface area (Å²) < 4.78 is 40.0. The minimum absolute atomic E-state index is 0.0300. The number of nitrogens with zero attached hydrogens (tertiary/aromatic N) is 2. The van der Waals surface area contributed by atoms with E-state index in [1.807, 2.05) is 0 Å². The zero-order valence-electron chi connectivity index (χ0n) is 20.6. The van der Waals surface area contributed by atoms with Crippen LogP contribution >= 0.6 is 0 Å². The summed E-state index contributed by atoms with van der Waals surface area (Å²) in [5.41, 5.74) is 0.927. The van der Waals surface area contributed by atoms with Gasteiger partial charge in [0.1, 0.15) is 0 Å². The molecule has 0 radical (unpaired) electrons. The Morgan fingerprint density at radius 1 is 0.912 bits per heavy atom. The number of benzene rings is 1. The number of hydrogen-bond acceptors (Lipinski definition) is 4. The van der Waals surface area contributed by atoms with E-state index in [0.717, 1.165) is 36.8 Å². The van der Waals surface area contributed by atoms with Gasteiger partial charge in [-0.25, -0.2) is 14.4 Å². The zero-order valence-corrected chi connectivity index (χ0v) is 20.6. The fraction of sp³-hybridized carbons (Fsp3) is 0.643. The molecule has 2 atom stereocenters. The molecule has 6 heteroatoms. The van der Waals surface area contributed by atoms with E-state index >= 15 is 0 Å². The monoisotopic (exact) mass is 472 g/mol. The molecule has 4 rings (SSSR count). The minimum atomic E-state index is -1.01. The fourth-order valence-corrected chi connectivity index (χ4v) is 5.65. The molecule has 1 aliphatic heterocycles. The SMILES string of the molecule is CCCCCC1CCC(C2CCC(c3cnc(-c4ccc(OCC)c(F)c4F)nc3)OC2)CC1. The van der Waals surface area contributed by atoms with Crippen LogP contribution in [0.15, 0.2) is 24.5 Å². The van der Waals surface area contributed by atoms with Gasteiger partial charge in [-0.05, 0) is 62.5 Å². The fourth-order valence-electron chi connectivity index (χ4n) is 5.65. The van der Waals surface area contributed by atoms with Crippen LogP contribution in [0.1, 0.15) is 89.7 Å². The van der Waals surface area contributed by atoms with E-state index in [0.29, 0.717) is 5.92 Å². The van der Waals surface area contributed by atoms with Gasteiger partial charge in [0.25, 0.3) is 0 Å². The maximum Gasteiger partial charge on any atom is 0.201 e. The summed E-state index contributed by atoms with van der Waals surface area (Å²) in [6.07, 6.45) is 16.4. The van der Waals surface area contributed by atoms with Crippen molar-refractivity contribution < 1.29 is 18.3 Å². The summed E-state index contributed by atoms with van der Waals surface area (Å²) in [7, 11) is 0. The van der Waals surface area contributed by atoms with E-state index in [4.69, 9.17) is 9.47 Å². The van der Waals surface area contributed by atoms with E-state index in [1.165, 1.54) is 63.5 Å². The minimum Gasteiger partial charge on any atom is -0.491 e. The summed E-state index contributed by atoms with van der Waals surface area (Å²) in [6, 6.07) is 2.87. The largest absolute Gasteiger partial charge is 0.491 e. The molecule has 1 saturated carbocycles. The second-order valence-electron chi connectivity index (χ2n) is 9.95. The Morgan fingerprint density at radius 2 is 1.65 bits per heavy atom. The summed E-state index contributed by atoms with van der Waals surface area (Å²) in [4.78, 5) is 8.62. The van der Waals surface area contributed by atoms with Gasteiger partial charge in [-0.2, -0.15) is 4.39 Å². The Bertz CT molecular complexity index is 905. The van der Waals surface area contributed by atoms with Crippen molar-refractivity contribution in [3.8, 4) is 17.1 Å². The maximum atomic E-state index is 14.5. The van der Waals surface area contributed by atoms with Crippen LogP contribution in [-0.4, -0.2) is 23.2 Å². The van der Waals surface area contributed by atoms with Crippen LogP contribution in [0.4, 0.5) is 8.78 Å². The second-order valence-corrected chi connectivity index (χ2v) is 9.95. The molecule has 2 heterocycles. The zero-order chi connectivity index (χ0) is 23.9. The smallest absolute Gasteiger partial charge is 0.201 e. The summed E-state index contributed by atoms with van der Waals surface area (Å²) in [5, 5.41) is 0. The van der Waals surface area contributed by atoms with E-state index in [9.17, 15) is 8.78 Å². The number of unbranched alkanes of at least 4 members (excludes halogenated alkanes) is 2. The third kappa shape index (κ3) is 5.94. The molecular formula is C28H38F2N2O2. The molecule has 1 aromatic heterocycles. The van der Waals surface area contributed by atoms with Crippen LogP contribution in [0.3, 0.4) is 0 Å². The summed E-state index contributed by atoms with van der Waals surface area (Å²) in [6.45, 7) is 5.05. The maximum absolute atomic E-state index is 14.5. The van der Waals surface area contributed by atoms with Gasteiger partial charge in [0.15, 0.2) is 17.4 Å². The van der Waals surface area contributed by atoms with Gasteiger partial charge in [-0.15, -0.1) is 0 Å². The lowest BCUT2D eigenvalue weighted by Crippen LogP contribution is -2.29. The van der Waals surface area contributed by atoms with Gasteiger partial charge in [0.05, 0.1) is 24.9 Å². The van der Waals surface area contributed by atoms with Gasteiger partial charge in [-0.1, -0.05) is 45.4 Å². The van der Waals surface area contributed by atoms with Crippen LogP contribution in [0.2, 0.25) is 0 Å². The molecule has 1 aliphatic carbocycles. The Kier molecular flexibility index (Phi) is 8.87. The van der Waals surface area contributed by atoms with E-state index in [-0.39, 0.29) is 29.8 Å². The Morgan fingerprint density at radius 3 is 2.29 bits per heavy atom. The highest BCUT2D eigenvalue weighted by Crippen LogP contribution is 2.41. The molecule has 0 amide bonds. The highest BCUT2D eigenvalue weighted by atomic mass is 19.2. The lowest BCUT2D eigenvalue weighted by molar-refractivity contribution is -0.0407. The van der Waals surface area contributed by atoms with Gasteiger partial charge in [0.2, 0.25) is 5.82 Å². The molecule has 0 spiro atoms. The Labute approximate surface area is 202 Å². The molecular weight excluding hydrogens is 434 g/mol. The normalized spacial score (nSPS) is 25.3. The molecule has 2 fully saturated rings. The molecule has 0 N–H and O–H groups in total. The molecule has 4 nitrogen and oxygen atoms in total. The predicted molar refractivity (Wildman–Crippen MR) is 130 cm³/mol. The number of hydrogen-bond donors (Lipinski definition) is 0. The average molecular weight is 473 g/mol. The topological polar surface area (TPSA) is 44.2 Å². The molecule has 2 aliphatic rings. The molecule has 0 bridgehead atoms. The molecule has 1 saturated heterocycles. The van der Waals surface area contributed by atoms with Crippen LogP contribution in [0.5, 0.6) is 5.75 Å². The van der Waals surface area contributed by atoms with Gasteiger partial charge < -0.3 is 9.47 Å². The van der Waals surface area contributed by atoms with Gasteiger partial charge in [0, 0.05) is 18.0 Å². The highest BCUT2D eigenvalue weighted by Gasteiger charge is 2.32. The summed E-state index contributed by atoms with van der Waals surface area (Å²) >= 11 is 0. The van der Waals surface area contributed by atoms with E-state index in [1.54, 1.807) is 19.3 Å². The van der Waals surface area contributed by atoms with Crippen molar-refractivity contribution in [2.24, 2.45) is 17.8 Å². The molecule has 186 valence electrons. The van der Waals surface area contributed by atoms with Gasteiger partial charge in [-0.3, -0.25) is 0 Å². The lowest BCUT2D eigenvalue weighted by atomic mass is 9.72. The standard InChI is InChI=1S/C28H38F2N2O2/c1-3-5-6-7-19-8-10-20(11-9-19)21-12-14-24(34-18-21)22-16-31-28(32-17-22)23-13-15-25(33-4-2)27(30)26(23)29/h13,15-17,19-21,24H,3-12,14,18H2,1-2H3. The van der Waals surface area contributed by atoms with Crippen LogP contribution < -0.4 is 4.74 Å². The number of aromatic nitrogens is 2. The lowest BCUT2D eigenvalue weighted by Gasteiger charge is -2.38. The number of rotatable bonds is 9. The van der Waals surface area contributed by atoms with Crippen molar-refractivity contribution in [3.05, 3.63) is 41.7 Å². The molecule has 2 unspecified atom stereocenters. The van der Waals surface area contributed by atoms with Crippen molar-refractivity contribution in [1.82, 2.24) is 9.97 Å². The van der Waals surface area contributed by atoms with Crippen molar-refractivity contribution >= 4 is 0 Å². The molecule has 34 heavy (non-hydrogen) atoms. The molecule has 2 aromatic rings. The first-order chi connectivity index (χ1) is 16.6. The van der Waals surface area contributed by atoms with Crippen LogP contribution in [0, 0.1) is 29.4 Å². The first kappa shape index (κ1) is 25.0. The Hall–Kier alpha value is -2.08. The predicted octanol–water partition coefficient (Wildman–Crippen LogP) is 7.67. The van der Waals surface area contributed by atoms with Crippen molar-refractivity contribution in [1.29, 1.82) is 0 Å². The molecule has 1 aromatic carbocycles. The first-order valence-electron chi connectivity index (χ1n) is 13.1.